The molecule has 0 bridgehead atoms. The molecule has 2 nitrogen and oxygen atoms in total. The molecule has 0 aliphatic carbocycles. The highest BCUT2D eigenvalue weighted by atomic mass is 15.1. The van der Waals surface area contributed by atoms with Crippen LogP contribution in [0.15, 0.2) is 34.8 Å². The maximum Gasteiger partial charge on any atom is 0.0587 e. The molecule has 0 fully saturated rings. The highest BCUT2D eigenvalue weighted by Crippen LogP contribution is 2.16. The van der Waals surface area contributed by atoms with E-state index in [-0.39, 0.29) is 0 Å². The van der Waals surface area contributed by atoms with Gasteiger partial charge in [0.1, 0.15) is 0 Å². The van der Waals surface area contributed by atoms with Crippen molar-refractivity contribution in [3.63, 3.8) is 0 Å². The van der Waals surface area contributed by atoms with E-state index in [9.17, 15) is 0 Å². The Balaban J connectivity index is 4.12. The third-order valence-electron chi connectivity index (χ3n) is 2.15. The van der Waals surface area contributed by atoms with Gasteiger partial charge in [-0.3, -0.25) is 0 Å². The van der Waals surface area contributed by atoms with Gasteiger partial charge in [-0.1, -0.05) is 40.9 Å². The molecule has 0 aliphatic rings. The van der Waals surface area contributed by atoms with Crippen LogP contribution in [0.5, 0.6) is 0 Å². The average molecular weight is 180 g/mol. The second-order valence-electron chi connectivity index (χ2n) is 3.65. The zero-order chi connectivity index (χ0) is 10.4. The van der Waals surface area contributed by atoms with Gasteiger partial charge in [0.25, 0.3) is 0 Å². The lowest BCUT2D eigenvalue weighted by atomic mass is 10.1. The molecule has 2 heteroatoms. The van der Waals surface area contributed by atoms with Gasteiger partial charge in [0, 0.05) is 0 Å². The fraction of sp³-hybridized carbons (Fsp3) is 0.636. The first-order valence-corrected chi connectivity index (χ1v) is 4.78. The van der Waals surface area contributed by atoms with E-state index in [2.05, 4.69) is 37.2 Å². The Bertz CT molecular complexity index is 214. The van der Waals surface area contributed by atoms with Crippen LogP contribution in [-0.4, -0.2) is 0 Å². The van der Waals surface area contributed by atoms with Gasteiger partial charge in [0.2, 0.25) is 0 Å². The van der Waals surface area contributed by atoms with Crippen LogP contribution < -0.4 is 0 Å². The van der Waals surface area contributed by atoms with Crippen LogP contribution in [0.1, 0.15) is 34.1 Å². The Morgan fingerprint density at radius 3 is 1.92 bits per heavy atom. The summed E-state index contributed by atoms with van der Waals surface area (Å²) in [6, 6.07) is 0. The molecule has 1 atom stereocenters. The molecule has 0 N–H and O–H groups in total. The number of rotatable bonds is 5. The molecule has 0 rings (SSSR count). The summed E-state index contributed by atoms with van der Waals surface area (Å²) in [6.07, 6.45) is 1.05. The highest BCUT2D eigenvalue weighted by Gasteiger charge is 2.03. The van der Waals surface area contributed by atoms with E-state index in [1.165, 1.54) is 0 Å². The predicted octanol–water partition coefficient (Wildman–Crippen LogP) is 4.17. The summed E-state index contributed by atoms with van der Waals surface area (Å²) in [5.74, 6) is 0.761. The Morgan fingerprint density at radius 1 is 1.08 bits per heavy atom. The monoisotopic (exact) mass is 180 g/mol. The van der Waals surface area contributed by atoms with E-state index >= 15 is 0 Å². The lowest BCUT2D eigenvalue weighted by Gasteiger charge is -2.06. The van der Waals surface area contributed by atoms with Crippen molar-refractivity contribution in [2.45, 2.75) is 34.1 Å². The molecule has 0 spiro atoms. The maximum absolute atomic E-state index is 4.05. The molecule has 0 saturated carbocycles. The van der Waals surface area contributed by atoms with Crippen LogP contribution in [0.2, 0.25) is 0 Å². The van der Waals surface area contributed by atoms with Crippen molar-refractivity contribution in [2.75, 3.05) is 0 Å². The minimum atomic E-state index is 0.355. The van der Waals surface area contributed by atoms with E-state index < -0.39 is 0 Å². The first-order chi connectivity index (χ1) is 5.99. The number of hydrogen-bond donors (Lipinski definition) is 0. The number of azo groups is 1. The summed E-state index contributed by atoms with van der Waals surface area (Å²) >= 11 is 0. The third-order valence-corrected chi connectivity index (χ3v) is 2.15. The van der Waals surface area contributed by atoms with E-state index in [1.54, 1.807) is 0 Å². The molecule has 74 valence electrons. The molecular formula is C11H20N2. The van der Waals surface area contributed by atoms with Crippen molar-refractivity contribution >= 4 is 0 Å². The zero-order valence-electron chi connectivity index (χ0n) is 9.17. The normalized spacial score (nSPS) is 13.6. The number of hydrogen-bond acceptors (Lipinski definition) is 2. The number of nitrogens with zero attached hydrogens (tertiary/aromatic N) is 2. The van der Waals surface area contributed by atoms with Crippen molar-refractivity contribution < 1.29 is 0 Å². The standard InChI is InChI=1S/C11H20N2/c1-7-9(4)11(6)13-12-10(5)8(2)3/h8-9H,5-7H2,1-4H3. The van der Waals surface area contributed by atoms with Gasteiger partial charge in [0.05, 0.1) is 11.4 Å². The summed E-state index contributed by atoms with van der Waals surface area (Å²) in [6.45, 7) is 16.0. The quantitative estimate of drug-likeness (QED) is 0.567. The topological polar surface area (TPSA) is 24.7 Å². The Labute approximate surface area is 81.5 Å². The Hall–Kier alpha value is -0.920. The van der Waals surface area contributed by atoms with E-state index in [1.807, 2.05) is 13.8 Å². The lowest BCUT2D eigenvalue weighted by Crippen LogP contribution is -1.93. The summed E-state index contributed by atoms with van der Waals surface area (Å²) in [4.78, 5) is 0. The highest BCUT2D eigenvalue weighted by molar-refractivity contribution is 4.99. The fourth-order valence-electron chi connectivity index (χ4n) is 0.578. The molecule has 0 aromatic heterocycles. The smallest absolute Gasteiger partial charge is 0.0587 e. The Kier molecular flexibility index (Phi) is 5.28. The summed E-state index contributed by atoms with van der Waals surface area (Å²) in [7, 11) is 0. The van der Waals surface area contributed by atoms with Crippen LogP contribution in [0.3, 0.4) is 0 Å². The van der Waals surface area contributed by atoms with Gasteiger partial charge in [-0.2, -0.15) is 10.2 Å². The van der Waals surface area contributed by atoms with Crippen molar-refractivity contribution in [2.24, 2.45) is 22.1 Å². The van der Waals surface area contributed by atoms with Gasteiger partial charge in [0.15, 0.2) is 0 Å². The molecule has 0 amide bonds. The van der Waals surface area contributed by atoms with Crippen LogP contribution in [0.4, 0.5) is 0 Å². The first-order valence-electron chi connectivity index (χ1n) is 4.78. The maximum atomic E-state index is 4.05. The summed E-state index contributed by atoms with van der Waals surface area (Å²) < 4.78 is 0. The minimum absolute atomic E-state index is 0.355. The van der Waals surface area contributed by atoms with E-state index in [4.69, 9.17) is 0 Å². The Morgan fingerprint density at radius 2 is 1.54 bits per heavy atom. The second kappa shape index (κ2) is 5.68. The molecule has 0 saturated heterocycles. The van der Waals surface area contributed by atoms with Crippen LogP contribution >= 0.6 is 0 Å². The van der Waals surface area contributed by atoms with E-state index in [0.29, 0.717) is 11.8 Å². The van der Waals surface area contributed by atoms with Crippen molar-refractivity contribution in [3.8, 4) is 0 Å². The minimum Gasteiger partial charge on any atom is -0.156 e. The first kappa shape index (κ1) is 12.1. The zero-order valence-corrected chi connectivity index (χ0v) is 9.17. The van der Waals surface area contributed by atoms with Gasteiger partial charge >= 0.3 is 0 Å². The SMILES string of the molecule is C=C(N=NC(=C)C(C)CC)C(C)C. The molecule has 0 aromatic rings. The van der Waals surface area contributed by atoms with Gasteiger partial charge in [-0.05, 0) is 18.3 Å². The van der Waals surface area contributed by atoms with Crippen LogP contribution in [0.25, 0.3) is 0 Å². The van der Waals surface area contributed by atoms with E-state index in [0.717, 1.165) is 17.8 Å². The van der Waals surface area contributed by atoms with Crippen molar-refractivity contribution in [1.82, 2.24) is 0 Å². The summed E-state index contributed by atoms with van der Waals surface area (Å²) in [5, 5.41) is 8.07. The average Bonchev–Trinajstić information content (AvgIpc) is 2.11. The van der Waals surface area contributed by atoms with Gasteiger partial charge in [-0.25, -0.2) is 0 Å². The fourth-order valence-corrected chi connectivity index (χ4v) is 0.578. The molecule has 1 unspecified atom stereocenters. The second-order valence-corrected chi connectivity index (χ2v) is 3.65. The largest absolute Gasteiger partial charge is 0.156 e. The molecular weight excluding hydrogens is 160 g/mol. The summed E-state index contributed by atoms with van der Waals surface area (Å²) in [5.41, 5.74) is 1.65. The molecule has 0 aliphatic heterocycles. The predicted molar refractivity (Wildman–Crippen MR) is 57.4 cm³/mol. The molecule has 0 aromatic carbocycles. The van der Waals surface area contributed by atoms with Crippen LogP contribution in [0, 0.1) is 11.8 Å². The van der Waals surface area contributed by atoms with Crippen molar-refractivity contribution in [3.05, 3.63) is 24.6 Å². The van der Waals surface area contributed by atoms with Gasteiger partial charge < -0.3 is 0 Å². The number of allylic oxidation sites excluding steroid dienone is 2. The lowest BCUT2D eigenvalue weighted by molar-refractivity contribution is 0.635. The van der Waals surface area contributed by atoms with Crippen LogP contribution in [-0.2, 0) is 0 Å². The van der Waals surface area contributed by atoms with Crippen molar-refractivity contribution in [1.29, 1.82) is 0 Å². The third kappa shape index (κ3) is 4.61. The molecule has 13 heavy (non-hydrogen) atoms. The molecule has 0 radical (unpaired) electrons. The molecule has 0 heterocycles. The van der Waals surface area contributed by atoms with Gasteiger partial charge in [-0.15, -0.1) is 0 Å².